The predicted molar refractivity (Wildman–Crippen MR) is 81.3 cm³/mol. The molecule has 21 heavy (non-hydrogen) atoms. The number of carbonyl (C=O) groups is 1. The van der Waals surface area contributed by atoms with Crippen molar-refractivity contribution in [2.45, 2.75) is 18.2 Å². The standard InChI is InChI=1S/C15H16N2O3S/c1-11-2-4-12(5-3-11)10-15(18)17-13-6-8-14(9-7-13)21(16,19)20/h2-9H,10H2,1H3,(H,17,18)(H2,16,19,20). The Bertz CT molecular complexity index is 735. The van der Waals surface area contributed by atoms with Crippen LogP contribution in [-0.2, 0) is 21.2 Å². The Hall–Kier alpha value is -2.18. The van der Waals surface area contributed by atoms with Crippen molar-refractivity contribution in [2.75, 3.05) is 5.32 Å². The number of nitrogens with one attached hydrogen (secondary N) is 1. The van der Waals surface area contributed by atoms with Crippen LogP contribution in [0.15, 0.2) is 53.4 Å². The Morgan fingerprint density at radius 3 is 2.14 bits per heavy atom. The summed E-state index contributed by atoms with van der Waals surface area (Å²) in [5.74, 6) is -0.165. The highest BCUT2D eigenvalue weighted by atomic mass is 32.2. The summed E-state index contributed by atoms with van der Waals surface area (Å²) in [6, 6.07) is 13.4. The summed E-state index contributed by atoms with van der Waals surface area (Å²) >= 11 is 0. The Morgan fingerprint density at radius 1 is 1.05 bits per heavy atom. The van der Waals surface area contributed by atoms with E-state index in [4.69, 9.17) is 5.14 Å². The highest BCUT2D eigenvalue weighted by Gasteiger charge is 2.08. The van der Waals surface area contributed by atoms with E-state index >= 15 is 0 Å². The maximum Gasteiger partial charge on any atom is 0.238 e. The highest BCUT2D eigenvalue weighted by molar-refractivity contribution is 7.89. The van der Waals surface area contributed by atoms with Gasteiger partial charge in [-0.3, -0.25) is 4.79 Å². The molecule has 0 unspecified atom stereocenters. The van der Waals surface area contributed by atoms with Gasteiger partial charge in [-0.15, -0.1) is 0 Å². The number of nitrogens with two attached hydrogens (primary N) is 1. The third kappa shape index (κ3) is 4.40. The van der Waals surface area contributed by atoms with E-state index in [0.717, 1.165) is 11.1 Å². The Balaban J connectivity index is 2.01. The first-order chi connectivity index (χ1) is 9.84. The van der Waals surface area contributed by atoms with Crippen molar-refractivity contribution in [3.05, 3.63) is 59.7 Å². The van der Waals surface area contributed by atoms with E-state index in [9.17, 15) is 13.2 Å². The number of rotatable bonds is 4. The molecule has 1 amide bonds. The molecule has 5 nitrogen and oxygen atoms in total. The molecule has 0 bridgehead atoms. The molecule has 0 aromatic heterocycles. The zero-order valence-corrected chi connectivity index (χ0v) is 12.4. The molecule has 0 fully saturated rings. The van der Waals surface area contributed by atoms with Crippen molar-refractivity contribution in [3.63, 3.8) is 0 Å². The maximum absolute atomic E-state index is 11.9. The average molecular weight is 304 g/mol. The van der Waals surface area contributed by atoms with Gasteiger partial charge in [-0.1, -0.05) is 29.8 Å². The van der Waals surface area contributed by atoms with Crippen molar-refractivity contribution in [2.24, 2.45) is 5.14 Å². The predicted octanol–water partition coefficient (Wildman–Crippen LogP) is 1.82. The van der Waals surface area contributed by atoms with Crippen molar-refractivity contribution < 1.29 is 13.2 Å². The maximum atomic E-state index is 11.9. The Kier molecular flexibility index (Phi) is 4.40. The first-order valence-corrected chi connectivity index (χ1v) is 7.87. The Labute approximate surface area is 123 Å². The smallest absolute Gasteiger partial charge is 0.238 e. The molecule has 2 aromatic carbocycles. The minimum Gasteiger partial charge on any atom is -0.326 e. The SMILES string of the molecule is Cc1ccc(CC(=O)Nc2ccc(S(N)(=O)=O)cc2)cc1. The van der Waals surface area contributed by atoms with Gasteiger partial charge < -0.3 is 5.32 Å². The van der Waals surface area contributed by atoms with Gasteiger partial charge in [0.05, 0.1) is 11.3 Å². The number of sulfonamides is 1. The van der Waals surface area contributed by atoms with E-state index in [1.165, 1.54) is 24.3 Å². The molecule has 6 heteroatoms. The second kappa shape index (κ2) is 6.07. The zero-order chi connectivity index (χ0) is 15.5. The topological polar surface area (TPSA) is 89.3 Å². The summed E-state index contributed by atoms with van der Waals surface area (Å²) < 4.78 is 22.3. The molecule has 0 aliphatic heterocycles. The number of anilines is 1. The summed E-state index contributed by atoms with van der Waals surface area (Å²) in [5, 5.41) is 7.72. The third-order valence-electron chi connectivity index (χ3n) is 2.95. The fourth-order valence-corrected chi connectivity index (χ4v) is 2.34. The fraction of sp³-hybridized carbons (Fsp3) is 0.133. The minimum atomic E-state index is -3.71. The van der Waals surface area contributed by atoms with Crippen LogP contribution in [-0.4, -0.2) is 14.3 Å². The molecule has 0 aliphatic carbocycles. The second-order valence-electron chi connectivity index (χ2n) is 4.78. The van der Waals surface area contributed by atoms with E-state index in [2.05, 4.69) is 5.32 Å². The number of primary sulfonamides is 1. The lowest BCUT2D eigenvalue weighted by Crippen LogP contribution is -2.15. The molecule has 0 spiro atoms. The number of benzene rings is 2. The van der Waals surface area contributed by atoms with Gasteiger partial charge in [0.15, 0.2) is 0 Å². The van der Waals surface area contributed by atoms with Gasteiger partial charge in [-0.05, 0) is 36.8 Å². The molecular weight excluding hydrogens is 288 g/mol. The molecule has 110 valence electrons. The molecule has 0 aliphatic rings. The summed E-state index contributed by atoms with van der Waals surface area (Å²) in [5.41, 5.74) is 2.58. The third-order valence-corrected chi connectivity index (χ3v) is 3.88. The highest BCUT2D eigenvalue weighted by Crippen LogP contribution is 2.13. The van der Waals surface area contributed by atoms with E-state index in [-0.39, 0.29) is 17.2 Å². The minimum absolute atomic E-state index is 0.0130. The Morgan fingerprint density at radius 2 is 1.62 bits per heavy atom. The first kappa shape index (κ1) is 15.2. The van der Waals surface area contributed by atoms with Gasteiger partial charge in [0.1, 0.15) is 0 Å². The second-order valence-corrected chi connectivity index (χ2v) is 6.34. The number of carbonyl (C=O) groups excluding carboxylic acids is 1. The first-order valence-electron chi connectivity index (χ1n) is 6.33. The molecule has 0 heterocycles. The van der Waals surface area contributed by atoms with Crippen LogP contribution in [0, 0.1) is 6.92 Å². The number of hydrogen-bond donors (Lipinski definition) is 2. The summed E-state index contributed by atoms with van der Waals surface area (Å²) in [7, 11) is -3.71. The van der Waals surface area contributed by atoms with Crippen LogP contribution in [0.5, 0.6) is 0 Å². The molecule has 2 rings (SSSR count). The summed E-state index contributed by atoms with van der Waals surface area (Å²) in [4.78, 5) is 11.9. The summed E-state index contributed by atoms with van der Waals surface area (Å²) in [6.07, 6.45) is 0.261. The van der Waals surface area contributed by atoms with Crippen LogP contribution in [0.25, 0.3) is 0 Å². The van der Waals surface area contributed by atoms with Crippen molar-refractivity contribution in [3.8, 4) is 0 Å². The lowest BCUT2D eigenvalue weighted by atomic mass is 10.1. The van der Waals surface area contributed by atoms with E-state index in [0.29, 0.717) is 5.69 Å². The van der Waals surface area contributed by atoms with Crippen LogP contribution in [0.2, 0.25) is 0 Å². The van der Waals surface area contributed by atoms with Crippen molar-refractivity contribution in [1.82, 2.24) is 0 Å². The molecular formula is C15H16N2O3S. The van der Waals surface area contributed by atoms with Crippen LogP contribution in [0.3, 0.4) is 0 Å². The molecule has 0 saturated heterocycles. The van der Waals surface area contributed by atoms with E-state index < -0.39 is 10.0 Å². The molecule has 0 atom stereocenters. The van der Waals surface area contributed by atoms with Crippen molar-refractivity contribution in [1.29, 1.82) is 0 Å². The molecule has 0 radical (unpaired) electrons. The lowest BCUT2D eigenvalue weighted by Gasteiger charge is -2.06. The van der Waals surface area contributed by atoms with Crippen molar-refractivity contribution >= 4 is 21.6 Å². The average Bonchev–Trinajstić information content (AvgIpc) is 2.41. The normalized spacial score (nSPS) is 11.1. The number of aryl methyl sites for hydroxylation is 1. The van der Waals surface area contributed by atoms with Crippen LogP contribution in [0.1, 0.15) is 11.1 Å². The van der Waals surface area contributed by atoms with Gasteiger partial charge >= 0.3 is 0 Å². The molecule has 0 saturated carbocycles. The van der Waals surface area contributed by atoms with E-state index in [1.54, 1.807) is 0 Å². The molecule has 3 N–H and O–H groups in total. The van der Waals surface area contributed by atoms with Crippen LogP contribution in [0.4, 0.5) is 5.69 Å². The number of hydrogen-bond acceptors (Lipinski definition) is 3. The fourth-order valence-electron chi connectivity index (χ4n) is 1.82. The monoisotopic (exact) mass is 304 g/mol. The lowest BCUT2D eigenvalue weighted by molar-refractivity contribution is -0.115. The summed E-state index contributed by atoms with van der Waals surface area (Å²) in [6.45, 7) is 1.98. The number of amides is 1. The van der Waals surface area contributed by atoms with Crippen LogP contribution >= 0.6 is 0 Å². The van der Waals surface area contributed by atoms with Gasteiger partial charge in [0, 0.05) is 5.69 Å². The quantitative estimate of drug-likeness (QED) is 0.903. The van der Waals surface area contributed by atoms with Crippen LogP contribution < -0.4 is 10.5 Å². The molecule has 2 aromatic rings. The van der Waals surface area contributed by atoms with Gasteiger partial charge in [-0.25, -0.2) is 13.6 Å². The van der Waals surface area contributed by atoms with Gasteiger partial charge in [0.25, 0.3) is 0 Å². The van der Waals surface area contributed by atoms with E-state index in [1.807, 2.05) is 31.2 Å². The largest absolute Gasteiger partial charge is 0.326 e. The van der Waals surface area contributed by atoms with Gasteiger partial charge in [0.2, 0.25) is 15.9 Å². The zero-order valence-electron chi connectivity index (χ0n) is 11.5. The van der Waals surface area contributed by atoms with Gasteiger partial charge in [-0.2, -0.15) is 0 Å².